The van der Waals surface area contributed by atoms with Crippen molar-refractivity contribution in [3.8, 4) is 0 Å². The van der Waals surface area contributed by atoms with Crippen LogP contribution in [-0.2, 0) is 7.05 Å². The third-order valence-electron chi connectivity index (χ3n) is 2.97. The van der Waals surface area contributed by atoms with Crippen molar-refractivity contribution in [1.82, 2.24) is 14.8 Å². The molecule has 3 aromatic rings. The summed E-state index contributed by atoms with van der Waals surface area (Å²) in [5.41, 5.74) is 1.58. The van der Waals surface area contributed by atoms with E-state index in [1.165, 1.54) is 4.68 Å². The van der Waals surface area contributed by atoms with Gasteiger partial charge in [-0.3, -0.25) is 9.78 Å². The largest absolute Gasteiger partial charge is 0.275 e. The van der Waals surface area contributed by atoms with E-state index in [1.54, 1.807) is 13.2 Å². The van der Waals surface area contributed by atoms with Crippen LogP contribution in [0.25, 0.3) is 21.7 Å². The first-order chi connectivity index (χ1) is 8.18. The molecule has 0 N–H and O–H groups in total. The number of benzene rings is 1. The van der Waals surface area contributed by atoms with E-state index >= 15 is 0 Å². The van der Waals surface area contributed by atoms with Crippen molar-refractivity contribution in [1.29, 1.82) is 0 Å². The van der Waals surface area contributed by atoms with Crippen molar-refractivity contribution in [3.05, 3.63) is 46.5 Å². The average Bonchev–Trinajstić information content (AvgIpc) is 2.35. The Bertz CT molecular complexity index is 790. The minimum atomic E-state index is -0.0794. The predicted octanol–water partition coefficient (Wildman–Crippen LogP) is 1.79. The molecule has 2 aromatic heterocycles. The Balaban J connectivity index is 2.71. The van der Waals surface area contributed by atoms with Gasteiger partial charge < -0.3 is 0 Å². The van der Waals surface area contributed by atoms with Gasteiger partial charge >= 0.3 is 0 Å². The van der Waals surface area contributed by atoms with Gasteiger partial charge in [0, 0.05) is 24.0 Å². The van der Waals surface area contributed by atoms with Crippen LogP contribution < -0.4 is 5.56 Å². The minimum Gasteiger partial charge on any atom is -0.267 e. The molecule has 0 unspecified atom stereocenters. The van der Waals surface area contributed by atoms with Gasteiger partial charge in [0.05, 0.1) is 16.6 Å². The van der Waals surface area contributed by atoms with Crippen molar-refractivity contribution < 1.29 is 0 Å². The number of para-hydroxylation sites is 1. The summed E-state index contributed by atoms with van der Waals surface area (Å²) in [4.78, 5) is 16.5. The van der Waals surface area contributed by atoms with Gasteiger partial charge in [0.15, 0.2) is 0 Å². The number of hydrogen-bond acceptors (Lipinski definition) is 3. The highest BCUT2D eigenvalue weighted by Crippen LogP contribution is 2.21. The number of hydrogen-bond donors (Lipinski definition) is 0. The normalized spacial score (nSPS) is 11.2. The lowest BCUT2D eigenvalue weighted by molar-refractivity contribution is 0.705. The SMILES string of the molecule is Cc1nn(C)c(=O)c2c1cnc1ccccc12. The molecule has 4 nitrogen and oxygen atoms in total. The van der Waals surface area contributed by atoms with Crippen molar-refractivity contribution in [2.75, 3.05) is 0 Å². The molecule has 0 fully saturated rings. The Morgan fingerprint density at radius 2 is 1.94 bits per heavy atom. The third-order valence-corrected chi connectivity index (χ3v) is 2.97. The molecule has 0 aliphatic carbocycles. The third kappa shape index (κ3) is 1.34. The van der Waals surface area contributed by atoms with E-state index in [-0.39, 0.29) is 5.56 Å². The maximum absolute atomic E-state index is 12.2. The number of aromatic nitrogens is 3. The van der Waals surface area contributed by atoms with E-state index in [4.69, 9.17) is 0 Å². The summed E-state index contributed by atoms with van der Waals surface area (Å²) in [7, 11) is 1.67. The molecule has 4 heteroatoms. The maximum Gasteiger partial charge on any atom is 0.275 e. The number of rotatable bonds is 0. The fourth-order valence-corrected chi connectivity index (χ4v) is 2.13. The molecule has 0 saturated heterocycles. The highest BCUT2D eigenvalue weighted by atomic mass is 16.1. The monoisotopic (exact) mass is 225 g/mol. The molecule has 0 spiro atoms. The smallest absolute Gasteiger partial charge is 0.267 e. The molecule has 0 atom stereocenters. The second kappa shape index (κ2) is 3.38. The number of aryl methyl sites for hydroxylation is 2. The van der Waals surface area contributed by atoms with Crippen LogP contribution in [0.15, 0.2) is 35.3 Å². The first kappa shape index (κ1) is 9.96. The first-order valence-electron chi connectivity index (χ1n) is 5.40. The molecule has 0 aliphatic rings. The lowest BCUT2D eigenvalue weighted by Crippen LogP contribution is -2.21. The van der Waals surface area contributed by atoms with Crippen LogP contribution in [0.2, 0.25) is 0 Å². The van der Waals surface area contributed by atoms with E-state index in [9.17, 15) is 4.79 Å². The Morgan fingerprint density at radius 3 is 2.76 bits per heavy atom. The maximum atomic E-state index is 12.2. The lowest BCUT2D eigenvalue weighted by atomic mass is 10.1. The van der Waals surface area contributed by atoms with E-state index in [1.807, 2.05) is 31.2 Å². The average molecular weight is 225 g/mol. The summed E-state index contributed by atoms with van der Waals surface area (Å²) >= 11 is 0. The van der Waals surface area contributed by atoms with Crippen molar-refractivity contribution in [2.24, 2.45) is 7.05 Å². The molecule has 0 aliphatic heterocycles. The van der Waals surface area contributed by atoms with Gasteiger partial charge in [-0.15, -0.1) is 0 Å². The Kier molecular flexibility index (Phi) is 1.98. The van der Waals surface area contributed by atoms with Crippen molar-refractivity contribution in [2.45, 2.75) is 6.92 Å². The minimum absolute atomic E-state index is 0.0794. The quantitative estimate of drug-likeness (QED) is 0.548. The van der Waals surface area contributed by atoms with E-state index in [2.05, 4.69) is 10.1 Å². The van der Waals surface area contributed by atoms with Crippen molar-refractivity contribution in [3.63, 3.8) is 0 Å². The van der Waals surface area contributed by atoms with Crippen LogP contribution in [0.4, 0.5) is 0 Å². The predicted molar refractivity (Wildman–Crippen MR) is 67.0 cm³/mol. The molecule has 0 bridgehead atoms. The molecule has 17 heavy (non-hydrogen) atoms. The van der Waals surface area contributed by atoms with Crippen LogP contribution in [0.1, 0.15) is 5.69 Å². The van der Waals surface area contributed by atoms with Gasteiger partial charge in [-0.1, -0.05) is 18.2 Å². The molecule has 0 amide bonds. The Morgan fingerprint density at radius 1 is 1.18 bits per heavy atom. The summed E-state index contributed by atoms with van der Waals surface area (Å²) in [5, 5.41) is 6.58. The molecule has 1 aromatic carbocycles. The molecule has 84 valence electrons. The summed E-state index contributed by atoms with van der Waals surface area (Å²) in [5.74, 6) is 0. The molecule has 0 saturated carbocycles. The highest BCUT2D eigenvalue weighted by molar-refractivity contribution is 6.05. The van der Waals surface area contributed by atoms with Crippen LogP contribution in [-0.4, -0.2) is 14.8 Å². The zero-order chi connectivity index (χ0) is 12.0. The standard InChI is InChI=1S/C13H11N3O/c1-8-10-7-14-11-6-4-3-5-9(11)12(10)13(17)16(2)15-8/h3-7H,1-2H3. The summed E-state index contributed by atoms with van der Waals surface area (Å²) < 4.78 is 1.38. The van der Waals surface area contributed by atoms with E-state index < -0.39 is 0 Å². The zero-order valence-corrected chi connectivity index (χ0v) is 9.64. The summed E-state index contributed by atoms with van der Waals surface area (Å²) in [6.45, 7) is 1.89. The first-order valence-corrected chi connectivity index (χ1v) is 5.40. The Hall–Kier alpha value is -2.23. The van der Waals surface area contributed by atoms with Gasteiger partial charge in [-0.2, -0.15) is 5.10 Å². The van der Waals surface area contributed by atoms with Crippen LogP contribution in [0.3, 0.4) is 0 Å². The number of nitrogens with zero attached hydrogens (tertiary/aromatic N) is 3. The van der Waals surface area contributed by atoms with Crippen LogP contribution in [0.5, 0.6) is 0 Å². The molecule has 3 rings (SSSR count). The summed E-state index contributed by atoms with van der Waals surface area (Å²) in [6, 6.07) is 7.66. The molecular weight excluding hydrogens is 214 g/mol. The molecule has 2 heterocycles. The fraction of sp³-hybridized carbons (Fsp3) is 0.154. The zero-order valence-electron chi connectivity index (χ0n) is 9.64. The van der Waals surface area contributed by atoms with Gasteiger partial charge in [-0.05, 0) is 13.0 Å². The summed E-state index contributed by atoms with van der Waals surface area (Å²) in [6.07, 6.45) is 1.72. The van der Waals surface area contributed by atoms with Gasteiger partial charge in [-0.25, -0.2) is 4.68 Å². The van der Waals surface area contributed by atoms with Crippen LogP contribution in [0, 0.1) is 6.92 Å². The Labute approximate surface area is 97.5 Å². The van der Waals surface area contributed by atoms with Gasteiger partial charge in [0.1, 0.15) is 0 Å². The van der Waals surface area contributed by atoms with Crippen molar-refractivity contribution >= 4 is 21.7 Å². The number of fused-ring (bicyclic) bond motifs is 3. The fourth-order valence-electron chi connectivity index (χ4n) is 2.13. The van der Waals surface area contributed by atoms with E-state index in [0.29, 0.717) is 5.39 Å². The lowest BCUT2D eigenvalue weighted by Gasteiger charge is -2.06. The molecule has 0 radical (unpaired) electrons. The highest BCUT2D eigenvalue weighted by Gasteiger charge is 2.09. The second-order valence-corrected chi connectivity index (χ2v) is 4.08. The van der Waals surface area contributed by atoms with Crippen LogP contribution >= 0.6 is 0 Å². The second-order valence-electron chi connectivity index (χ2n) is 4.08. The topological polar surface area (TPSA) is 47.8 Å². The molecular formula is C13H11N3O. The van der Waals surface area contributed by atoms with Gasteiger partial charge in [0.25, 0.3) is 5.56 Å². The van der Waals surface area contributed by atoms with E-state index in [0.717, 1.165) is 22.0 Å². The van der Waals surface area contributed by atoms with Gasteiger partial charge in [0.2, 0.25) is 0 Å². The number of pyridine rings is 1.